The van der Waals surface area contributed by atoms with E-state index in [4.69, 9.17) is 0 Å². The molecule has 8 nitrogen and oxygen atoms in total. The standard InChI is InChI=1S/C20H24N6O2S/c1-15-5-6-18(16(2)13-15)29(27,28)25-11-9-24(10-12-25)19-14-20(23-17(3)22-19)26-8-4-7-21-26/h4-8,13-14H,9-12H2,1-3H3. The van der Waals surface area contributed by atoms with Gasteiger partial charge >= 0.3 is 0 Å². The molecule has 1 saturated heterocycles. The Labute approximate surface area is 170 Å². The average molecular weight is 413 g/mol. The summed E-state index contributed by atoms with van der Waals surface area (Å²) in [6.45, 7) is 7.61. The fourth-order valence-electron chi connectivity index (χ4n) is 3.61. The second kappa shape index (κ2) is 7.57. The third-order valence-electron chi connectivity index (χ3n) is 5.06. The number of aryl methyl sites for hydroxylation is 3. The van der Waals surface area contributed by atoms with E-state index in [2.05, 4.69) is 20.0 Å². The van der Waals surface area contributed by atoms with Gasteiger partial charge in [-0.25, -0.2) is 23.1 Å². The molecule has 0 saturated carbocycles. The highest BCUT2D eigenvalue weighted by Gasteiger charge is 2.30. The van der Waals surface area contributed by atoms with E-state index in [1.54, 1.807) is 21.3 Å². The Hall–Kier alpha value is -2.78. The Morgan fingerprint density at radius 2 is 1.66 bits per heavy atom. The van der Waals surface area contributed by atoms with Crippen LogP contribution < -0.4 is 4.90 Å². The lowest BCUT2D eigenvalue weighted by molar-refractivity contribution is 0.383. The molecule has 0 amide bonds. The van der Waals surface area contributed by atoms with E-state index in [0.717, 1.165) is 16.9 Å². The molecule has 1 aliphatic rings. The van der Waals surface area contributed by atoms with E-state index < -0.39 is 10.0 Å². The number of piperazine rings is 1. The summed E-state index contributed by atoms with van der Waals surface area (Å²) in [4.78, 5) is 11.5. The SMILES string of the molecule is Cc1ccc(S(=O)(=O)N2CCN(c3cc(-n4cccn4)nc(C)n3)CC2)c(C)c1. The zero-order valence-corrected chi connectivity index (χ0v) is 17.6. The fraction of sp³-hybridized carbons (Fsp3) is 0.350. The maximum atomic E-state index is 13.1. The van der Waals surface area contributed by atoms with Crippen LogP contribution in [0.4, 0.5) is 5.82 Å². The van der Waals surface area contributed by atoms with Crippen molar-refractivity contribution in [2.24, 2.45) is 0 Å². The van der Waals surface area contributed by atoms with E-state index in [9.17, 15) is 8.42 Å². The minimum atomic E-state index is -3.51. The Morgan fingerprint density at radius 3 is 2.31 bits per heavy atom. The van der Waals surface area contributed by atoms with Crippen molar-refractivity contribution >= 4 is 15.8 Å². The smallest absolute Gasteiger partial charge is 0.243 e. The molecule has 9 heteroatoms. The van der Waals surface area contributed by atoms with Crippen LogP contribution in [0.5, 0.6) is 0 Å². The molecular weight excluding hydrogens is 388 g/mol. The lowest BCUT2D eigenvalue weighted by atomic mass is 10.2. The molecule has 152 valence electrons. The number of anilines is 1. The molecule has 0 atom stereocenters. The third-order valence-corrected chi connectivity index (χ3v) is 7.12. The second-order valence-electron chi connectivity index (χ2n) is 7.24. The Bertz CT molecular complexity index is 1120. The van der Waals surface area contributed by atoms with E-state index >= 15 is 0 Å². The number of rotatable bonds is 4. The first kappa shape index (κ1) is 19.5. The zero-order valence-electron chi connectivity index (χ0n) is 16.8. The van der Waals surface area contributed by atoms with Gasteiger partial charge < -0.3 is 4.90 Å². The van der Waals surface area contributed by atoms with E-state index in [-0.39, 0.29) is 0 Å². The summed E-state index contributed by atoms with van der Waals surface area (Å²) in [5.74, 6) is 2.13. The summed E-state index contributed by atoms with van der Waals surface area (Å²) < 4.78 is 29.4. The van der Waals surface area contributed by atoms with Gasteiger partial charge in [0.2, 0.25) is 10.0 Å². The van der Waals surface area contributed by atoms with Crippen LogP contribution in [0.15, 0.2) is 47.6 Å². The van der Waals surface area contributed by atoms with Gasteiger partial charge in [-0.15, -0.1) is 0 Å². The van der Waals surface area contributed by atoms with Gasteiger partial charge in [-0.2, -0.15) is 9.40 Å². The van der Waals surface area contributed by atoms with Gasteiger partial charge in [-0.3, -0.25) is 0 Å². The molecule has 1 aromatic carbocycles. The number of sulfonamides is 1. The third kappa shape index (κ3) is 3.88. The zero-order chi connectivity index (χ0) is 20.6. The Kier molecular flexibility index (Phi) is 5.10. The predicted octanol–water partition coefficient (Wildman–Crippen LogP) is 2.10. The van der Waals surface area contributed by atoms with Gasteiger partial charge in [0.15, 0.2) is 5.82 Å². The average Bonchev–Trinajstić information content (AvgIpc) is 3.22. The number of hydrogen-bond donors (Lipinski definition) is 0. The number of hydrogen-bond acceptors (Lipinski definition) is 6. The van der Waals surface area contributed by atoms with Crippen LogP contribution in [0, 0.1) is 20.8 Å². The molecule has 1 fully saturated rings. The van der Waals surface area contributed by atoms with Crippen molar-refractivity contribution in [3.63, 3.8) is 0 Å². The second-order valence-corrected chi connectivity index (χ2v) is 9.15. The van der Waals surface area contributed by atoms with Gasteiger partial charge in [0.1, 0.15) is 11.6 Å². The molecule has 0 spiro atoms. The lowest BCUT2D eigenvalue weighted by Crippen LogP contribution is -2.49. The van der Waals surface area contributed by atoms with Crippen LogP contribution in [0.2, 0.25) is 0 Å². The molecule has 3 aromatic rings. The van der Waals surface area contributed by atoms with Crippen molar-refractivity contribution in [3.05, 3.63) is 59.7 Å². The van der Waals surface area contributed by atoms with Crippen molar-refractivity contribution in [1.82, 2.24) is 24.1 Å². The van der Waals surface area contributed by atoms with Gasteiger partial charge in [0.25, 0.3) is 0 Å². The van der Waals surface area contributed by atoms with Crippen molar-refractivity contribution in [2.45, 2.75) is 25.7 Å². The monoisotopic (exact) mass is 412 g/mol. The fourth-order valence-corrected chi connectivity index (χ4v) is 5.23. The lowest BCUT2D eigenvalue weighted by Gasteiger charge is -2.35. The molecule has 0 N–H and O–H groups in total. The summed E-state index contributed by atoms with van der Waals surface area (Å²) in [5, 5.41) is 4.23. The van der Waals surface area contributed by atoms with Crippen LogP contribution in [0.3, 0.4) is 0 Å². The van der Waals surface area contributed by atoms with Crippen LogP contribution in [-0.4, -0.2) is 58.7 Å². The summed E-state index contributed by atoms with van der Waals surface area (Å²) in [6, 6.07) is 9.18. The van der Waals surface area contributed by atoms with Crippen molar-refractivity contribution in [2.75, 3.05) is 31.1 Å². The van der Waals surface area contributed by atoms with E-state index in [0.29, 0.717) is 42.7 Å². The van der Waals surface area contributed by atoms with Crippen molar-refractivity contribution < 1.29 is 8.42 Å². The minimum absolute atomic E-state index is 0.385. The Morgan fingerprint density at radius 1 is 0.931 bits per heavy atom. The van der Waals surface area contributed by atoms with E-state index in [1.165, 1.54) is 0 Å². The summed E-state index contributed by atoms with van der Waals surface area (Å²) >= 11 is 0. The quantitative estimate of drug-likeness (QED) is 0.653. The summed E-state index contributed by atoms with van der Waals surface area (Å²) in [5.41, 5.74) is 1.83. The highest BCUT2D eigenvalue weighted by molar-refractivity contribution is 7.89. The number of aromatic nitrogens is 4. The molecule has 1 aliphatic heterocycles. The molecule has 0 unspecified atom stereocenters. The molecule has 29 heavy (non-hydrogen) atoms. The molecule has 0 aliphatic carbocycles. The maximum Gasteiger partial charge on any atom is 0.243 e. The molecule has 0 bridgehead atoms. The topological polar surface area (TPSA) is 84.2 Å². The molecule has 2 aromatic heterocycles. The predicted molar refractivity (Wildman–Crippen MR) is 111 cm³/mol. The molecular formula is C20H24N6O2S. The van der Waals surface area contributed by atoms with Gasteiger partial charge in [0.05, 0.1) is 4.90 Å². The normalized spacial score (nSPS) is 15.6. The first-order valence-corrected chi connectivity index (χ1v) is 11.0. The highest BCUT2D eigenvalue weighted by Crippen LogP contribution is 2.24. The number of benzene rings is 1. The molecule has 4 rings (SSSR count). The molecule has 3 heterocycles. The molecule has 0 radical (unpaired) electrons. The first-order valence-electron chi connectivity index (χ1n) is 9.53. The van der Waals surface area contributed by atoms with Crippen LogP contribution in [-0.2, 0) is 10.0 Å². The summed E-state index contributed by atoms with van der Waals surface area (Å²) in [6.07, 6.45) is 3.54. The van der Waals surface area contributed by atoms with Crippen LogP contribution in [0.25, 0.3) is 5.82 Å². The largest absolute Gasteiger partial charge is 0.354 e. The van der Waals surface area contributed by atoms with Crippen LogP contribution in [0.1, 0.15) is 17.0 Å². The van der Waals surface area contributed by atoms with Gasteiger partial charge in [-0.05, 0) is 38.5 Å². The highest BCUT2D eigenvalue weighted by atomic mass is 32.2. The van der Waals surface area contributed by atoms with E-state index in [1.807, 2.05) is 51.2 Å². The van der Waals surface area contributed by atoms with Crippen molar-refractivity contribution in [3.8, 4) is 5.82 Å². The Balaban J connectivity index is 1.53. The van der Waals surface area contributed by atoms with Gasteiger partial charge in [0, 0.05) is 44.6 Å². The minimum Gasteiger partial charge on any atom is -0.354 e. The van der Waals surface area contributed by atoms with Crippen molar-refractivity contribution in [1.29, 1.82) is 0 Å². The first-order chi connectivity index (χ1) is 13.8. The van der Waals surface area contributed by atoms with Gasteiger partial charge in [-0.1, -0.05) is 17.7 Å². The summed E-state index contributed by atoms with van der Waals surface area (Å²) in [7, 11) is -3.51. The number of nitrogens with zero attached hydrogens (tertiary/aromatic N) is 6. The maximum absolute atomic E-state index is 13.1. The van der Waals surface area contributed by atoms with Crippen LogP contribution >= 0.6 is 0 Å².